The lowest BCUT2D eigenvalue weighted by Crippen LogP contribution is -2.31. The van der Waals surface area contributed by atoms with E-state index in [0.717, 1.165) is 11.9 Å². The second-order valence-electron chi connectivity index (χ2n) is 4.44. The van der Waals surface area contributed by atoms with E-state index in [1.807, 2.05) is 18.3 Å². The van der Waals surface area contributed by atoms with Crippen LogP contribution in [0, 0.1) is 0 Å². The molecule has 5 N–H and O–H groups in total. The second-order valence-corrected chi connectivity index (χ2v) is 4.44. The van der Waals surface area contributed by atoms with Gasteiger partial charge < -0.3 is 16.0 Å². The van der Waals surface area contributed by atoms with Crippen molar-refractivity contribution in [1.82, 2.24) is 25.6 Å². The van der Waals surface area contributed by atoms with Gasteiger partial charge in [-0.2, -0.15) is 5.21 Å². The van der Waals surface area contributed by atoms with E-state index in [4.69, 9.17) is 5.73 Å². The summed E-state index contributed by atoms with van der Waals surface area (Å²) in [5, 5.41) is 17.7. The lowest BCUT2D eigenvalue weighted by molar-refractivity contribution is 0.698. The molecule has 7 nitrogen and oxygen atoms in total. The topological polar surface area (TPSA) is 108 Å². The third-order valence-corrected chi connectivity index (χ3v) is 3.02. The SMILES string of the molecule is N[C@H](CNc1nn[nH]n1)Cc1c[nH]c2ccccc12. The van der Waals surface area contributed by atoms with Gasteiger partial charge in [-0.25, -0.2) is 0 Å². The lowest BCUT2D eigenvalue weighted by atomic mass is 10.1. The maximum atomic E-state index is 6.11. The first kappa shape index (κ1) is 11.7. The molecule has 7 heteroatoms. The maximum Gasteiger partial charge on any atom is 0.263 e. The third kappa shape index (κ3) is 2.55. The number of anilines is 1. The molecule has 0 saturated carbocycles. The van der Waals surface area contributed by atoms with Crippen LogP contribution in [0.15, 0.2) is 30.5 Å². The second kappa shape index (κ2) is 5.07. The molecule has 0 aliphatic rings. The molecule has 1 aromatic carbocycles. The van der Waals surface area contributed by atoms with Crippen LogP contribution in [0.4, 0.5) is 5.95 Å². The number of benzene rings is 1. The van der Waals surface area contributed by atoms with Crippen molar-refractivity contribution in [2.24, 2.45) is 5.73 Å². The van der Waals surface area contributed by atoms with Crippen LogP contribution in [-0.2, 0) is 6.42 Å². The Morgan fingerprint density at radius 1 is 1.32 bits per heavy atom. The fraction of sp³-hybridized carbons (Fsp3) is 0.250. The minimum atomic E-state index is -0.0160. The highest BCUT2D eigenvalue weighted by molar-refractivity contribution is 5.83. The molecule has 0 saturated heterocycles. The number of hydrogen-bond donors (Lipinski definition) is 4. The number of nitrogens with two attached hydrogens (primary N) is 1. The molecule has 0 aliphatic heterocycles. The van der Waals surface area contributed by atoms with Crippen LogP contribution in [0.2, 0.25) is 0 Å². The predicted molar refractivity (Wildman–Crippen MR) is 72.6 cm³/mol. The lowest BCUT2D eigenvalue weighted by Gasteiger charge is -2.10. The average molecular weight is 257 g/mol. The minimum Gasteiger partial charge on any atom is -0.361 e. The fourth-order valence-corrected chi connectivity index (χ4v) is 2.11. The first-order valence-electron chi connectivity index (χ1n) is 6.11. The Balaban J connectivity index is 1.64. The number of H-pyrrole nitrogens is 2. The van der Waals surface area contributed by atoms with Crippen LogP contribution in [0.1, 0.15) is 5.56 Å². The Kier molecular flexibility index (Phi) is 3.11. The largest absolute Gasteiger partial charge is 0.361 e. The standard InChI is InChI=1S/C12H15N7/c13-9(7-15-12-16-18-19-17-12)5-8-6-14-11-4-2-1-3-10(8)11/h1-4,6,9,14H,5,7,13H2,(H2,15,16,17,18,19)/t9-/m0/s1. The van der Waals surface area contributed by atoms with E-state index in [2.05, 4.69) is 43.1 Å². The van der Waals surface area contributed by atoms with Gasteiger partial charge in [0.25, 0.3) is 5.95 Å². The summed E-state index contributed by atoms with van der Waals surface area (Å²) in [7, 11) is 0. The molecule has 0 aliphatic carbocycles. The zero-order valence-corrected chi connectivity index (χ0v) is 10.3. The van der Waals surface area contributed by atoms with Gasteiger partial charge in [-0.15, -0.1) is 5.10 Å². The molecule has 19 heavy (non-hydrogen) atoms. The number of aromatic amines is 2. The van der Waals surface area contributed by atoms with Crippen molar-refractivity contribution in [2.75, 3.05) is 11.9 Å². The summed E-state index contributed by atoms with van der Waals surface area (Å²) in [4.78, 5) is 3.25. The van der Waals surface area contributed by atoms with E-state index in [1.54, 1.807) is 0 Å². The summed E-state index contributed by atoms with van der Waals surface area (Å²) in [5.41, 5.74) is 8.47. The van der Waals surface area contributed by atoms with Gasteiger partial charge in [-0.05, 0) is 23.3 Å². The molecular formula is C12H15N7. The van der Waals surface area contributed by atoms with Gasteiger partial charge in [0, 0.05) is 29.7 Å². The van der Waals surface area contributed by atoms with E-state index in [0.29, 0.717) is 12.5 Å². The van der Waals surface area contributed by atoms with Gasteiger partial charge in [0.05, 0.1) is 0 Å². The molecule has 3 rings (SSSR count). The van der Waals surface area contributed by atoms with Gasteiger partial charge >= 0.3 is 0 Å². The molecule has 0 spiro atoms. The Bertz CT molecular complexity index is 643. The molecular weight excluding hydrogens is 242 g/mol. The van der Waals surface area contributed by atoms with E-state index >= 15 is 0 Å². The number of nitrogens with one attached hydrogen (secondary N) is 3. The van der Waals surface area contributed by atoms with E-state index in [1.165, 1.54) is 10.9 Å². The molecule has 0 bridgehead atoms. The molecule has 0 amide bonds. The van der Waals surface area contributed by atoms with E-state index in [-0.39, 0.29) is 6.04 Å². The molecule has 0 radical (unpaired) electrons. The molecule has 2 aromatic heterocycles. The summed E-state index contributed by atoms with van der Waals surface area (Å²) in [6.45, 7) is 0.596. The van der Waals surface area contributed by atoms with Crippen molar-refractivity contribution >= 4 is 16.9 Å². The smallest absolute Gasteiger partial charge is 0.263 e. The van der Waals surface area contributed by atoms with Gasteiger partial charge in [-0.1, -0.05) is 23.3 Å². The van der Waals surface area contributed by atoms with Gasteiger partial charge in [0.2, 0.25) is 0 Å². The highest BCUT2D eigenvalue weighted by Gasteiger charge is 2.09. The van der Waals surface area contributed by atoms with Crippen LogP contribution in [0.5, 0.6) is 0 Å². The van der Waals surface area contributed by atoms with Gasteiger partial charge in [0.1, 0.15) is 0 Å². The van der Waals surface area contributed by atoms with Crippen LogP contribution in [0.25, 0.3) is 10.9 Å². The highest BCUT2D eigenvalue weighted by atomic mass is 15.5. The summed E-state index contributed by atoms with van der Waals surface area (Å²) in [6, 6.07) is 8.18. The van der Waals surface area contributed by atoms with Crippen LogP contribution in [0.3, 0.4) is 0 Å². The molecule has 1 atom stereocenters. The number of rotatable bonds is 5. The summed E-state index contributed by atoms with van der Waals surface area (Å²) in [5.74, 6) is 0.467. The number of aromatic nitrogens is 5. The average Bonchev–Trinajstić information content (AvgIpc) is 3.07. The van der Waals surface area contributed by atoms with Crippen molar-refractivity contribution in [2.45, 2.75) is 12.5 Å². The number of tetrazole rings is 1. The van der Waals surface area contributed by atoms with Crippen LogP contribution in [-0.4, -0.2) is 38.2 Å². The molecule has 3 aromatic rings. The maximum absolute atomic E-state index is 6.11. The van der Waals surface area contributed by atoms with Gasteiger partial charge in [0.15, 0.2) is 0 Å². The monoisotopic (exact) mass is 257 g/mol. The summed E-state index contributed by atoms with van der Waals surface area (Å²) < 4.78 is 0. The molecule has 0 fully saturated rings. The Morgan fingerprint density at radius 2 is 2.21 bits per heavy atom. The molecule has 2 heterocycles. The Morgan fingerprint density at radius 3 is 3.05 bits per heavy atom. The zero-order valence-electron chi connectivity index (χ0n) is 10.3. The van der Waals surface area contributed by atoms with Crippen LogP contribution < -0.4 is 11.1 Å². The van der Waals surface area contributed by atoms with Crippen molar-refractivity contribution < 1.29 is 0 Å². The molecule has 98 valence electrons. The number of hydrogen-bond acceptors (Lipinski definition) is 5. The number of para-hydroxylation sites is 1. The van der Waals surface area contributed by atoms with Crippen molar-refractivity contribution in [1.29, 1.82) is 0 Å². The number of fused-ring (bicyclic) bond motifs is 1. The summed E-state index contributed by atoms with van der Waals surface area (Å²) >= 11 is 0. The zero-order chi connectivity index (χ0) is 13.1. The van der Waals surface area contributed by atoms with Crippen molar-refractivity contribution in [3.05, 3.63) is 36.0 Å². The quantitative estimate of drug-likeness (QED) is 0.537. The Labute approximate surface area is 109 Å². The Hall–Kier alpha value is -2.41. The van der Waals surface area contributed by atoms with Crippen molar-refractivity contribution in [3.8, 4) is 0 Å². The van der Waals surface area contributed by atoms with E-state index in [9.17, 15) is 0 Å². The van der Waals surface area contributed by atoms with E-state index < -0.39 is 0 Å². The normalized spacial score (nSPS) is 12.7. The third-order valence-electron chi connectivity index (χ3n) is 3.02. The molecule has 0 unspecified atom stereocenters. The predicted octanol–water partition coefficient (Wildman–Crippen LogP) is 0.663. The summed E-state index contributed by atoms with van der Waals surface area (Å²) in [6.07, 6.45) is 2.80. The first-order chi connectivity index (χ1) is 9.33. The van der Waals surface area contributed by atoms with Crippen molar-refractivity contribution in [3.63, 3.8) is 0 Å². The number of nitrogens with zero attached hydrogens (tertiary/aromatic N) is 3. The fourth-order valence-electron chi connectivity index (χ4n) is 2.11. The minimum absolute atomic E-state index is 0.0160. The van der Waals surface area contributed by atoms with Gasteiger partial charge in [-0.3, -0.25) is 0 Å². The first-order valence-corrected chi connectivity index (χ1v) is 6.11. The highest BCUT2D eigenvalue weighted by Crippen LogP contribution is 2.18. The van der Waals surface area contributed by atoms with Crippen LogP contribution >= 0.6 is 0 Å².